The number of rotatable bonds is 3. The molecule has 19 heavy (non-hydrogen) atoms. The van der Waals surface area contributed by atoms with E-state index in [0.29, 0.717) is 19.0 Å². The Labute approximate surface area is 111 Å². The molecule has 1 aliphatic heterocycles. The first-order valence-electron chi connectivity index (χ1n) is 6.60. The van der Waals surface area contributed by atoms with Crippen LogP contribution in [0.2, 0.25) is 0 Å². The fourth-order valence-electron chi connectivity index (χ4n) is 2.44. The highest BCUT2D eigenvalue weighted by Crippen LogP contribution is 2.21. The predicted molar refractivity (Wildman–Crippen MR) is 72.4 cm³/mol. The Morgan fingerprint density at radius 3 is 2.74 bits per heavy atom. The molecule has 0 aliphatic carbocycles. The minimum Gasteiger partial charge on any atom is -0.453 e. The van der Waals surface area contributed by atoms with Gasteiger partial charge in [0.15, 0.2) is 5.76 Å². The van der Waals surface area contributed by atoms with Gasteiger partial charge in [-0.1, -0.05) is 18.2 Å². The first-order valence-corrected chi connectivity index (χ1v) is 6.60. The first-order chi connectivity index (χ1) is 9.25. The summed E-state index contributed by atoms with van der Waals surface area (Å²) in [7, 11) is 0. The van der Waals surface area contributed by atoms with Crippen LogP contribution >= 0.6 is 0 Å². The van der Waals surface area contributed by atoms with Gasteiger partial charge in [0.1, 0.15) is 5.58 Å². The van der Waals surface area contributed by atoms with E-state index >= 15 is 0 Å². The average molecular weight is 259 g/mol. The fourth-order valence-corrected chi connectivity index (χ4v) is 2.44. The minimum absolute atomic E-state index is 0.0399. The van der Waals surface area contributed by atoms with E-state index in [1.54, 1.807) is 0 Å². The van der Waals surface area contributed by atoms with Gasteiger partial charge in [0, 0.05) is 18.5 Å². The lowest BCUT2D eigenvalue weighted by Crippen LogP contribution is -2.45. The molecule has 2 heterocycles. The number of Topliss-reactive ketones (excluding diaryl/α,β-unsaturated/α-hetero) is 1. The van der Waals surface area contributed by atoms with Gasteiger partial charge in [-0.15, -0.1) is 0 Å². The summed E-state index contributed by atoms with van der Waals surface area (Å²) in [5.74, 6) is 0.485. The maximum absolute atomic E-state index is 12.4. The van der Waals surface area contributed by atoms with Gasteiger partial charge in [0.25, 0.3) is 0 Å². The SMILES string of the molecule is CC(C(=O)c1cc2ccccc2o1)N1CCOCC1. The van der Waals surface area contributed by atoms with Crippen molar-refractivity contribution in [3.8, 4) is 0 Å². The van der Waals surface area contributed by atoms with E-state index in [9.17, 15) is 4.79 Å². The highest BCUT2D eigenvalue weighted by Gasteiger charge is 2.26. The number of ether oxygens (including phenoxy) is 1. The molecular formula is C15H17NO3. The van der Waals surface area contributed by atoms with Crippen molar-refractivity contribution in [2.24, 2.45) is 0 Å². The van der Waals surface area contributed by atoms with Gasteiger partial charge in [-0.3, -0.25) is 9.69 Å². The molecule has 1 saturated heterocycles. The van der Waals surface area contributed by atoms with Crippen LogP contribution < -0.4 is 0 Å². The van der Waals surface area contributed by atoms with Crippen LogP contribution in [0.3, 0.4) is 0 Å². The summed E-state index contributed by atoms with van der Waals surface area (Å²) in [6.45, 7) is 4.91. The van der Waals surface area contributed by atoms with E-state index in [1.165, 1.54) is 0 Å². The van der Waals surface area contributed by atoms with E-state index < -0.39 is 0 Å². The number of fused-ring (bicyclic) bond motifs is 1. The zero-order valence-electron chi connectivity index (χ0n) is 11.0. The van der Waals surface area contributed by atoms with Gasteiger partial charge in [0.05, 0.1) is 19.3 Å². The summed E-state index contributed by atoms with van der Waals surface area (Å²) >= 11 is 0. The Morgan fingerprint density at radius 2 is 2.00 bits per heavy atom. The van der Waals surface area contributed by atoms with Crippen molar-refractivity contribution in [1.82, 2.24) is 4.90 Å². The Kier molecular flexibility index (Phi) is 3.36. The lowest BCUT2D eigenvalue weighted by Gasteiger charge is -2.30. The second kappa shape index (κ2) is 5.15. The maximum Gasteiger partial charge on any atom is 0.214 e. The molecule has 0 spiro atoms. The Balaban J connectivity index is 1.82. The molecular weight excluding hydrogens is 242 g/mol. The van der Waals surface area contributed by atoms with Crippen molar-refractivity contribution in [2.75, 3.05) is 26.3 Å². The highest BCUT2D eigenvalue weighted by molar-refractivity contribution is 6.00. The molecule has 1 aromatic carbocycles. The molecule has 1 unspecified atom stereocenters. The van der Waals surface area contributed by atoms with Crippen molar-refractivity contribution in [2.45, 2.75) is 13.0 Å². The molecule has 0 radical (unpaired) electrons. The van der Waals surface area contributed by atoms with Gasteiger partial charge in [-0.2, -0.15) is 0 Å². The summed E-state index contributed by atoms with van der Waals surface area (Å²) in [6, 6.07) is 9.35. The number of hydrogen-bond acceptors (Lipinski definition) is 4. The number of morpholine rings is 1. The quantitative estimate of drug-likeness (QED) is 0.793. The van der Waals surface area contributed by atoms with Crippen LogP contribution in [-0.2, 0) is 4.74 Å². The molecule has 0 amide bonds. The summed E-state index contributed by atoms with van der Waals surface area (Å²) < 4.78 is 10.9. The van der Waals surface area contributed by atoms with Gasteiger partial charge >= 0.3 is 0 Å². The molecule has 0 N–H and O–H groups in total. The van der Waals surface area contributed by atoms with Crippen LogP contribution in [0.5, 0.6) is 0 Å². The molecule has 2 aromatic rings. The van der Waals surface area contributed by atoms with E-state index in [-0.39, 0.29) is 11.8 Å². The molecule has 0 saturated carbocycles. The summed E-state index contributed by atoms with van der Waals surface area (Å²) in [4.78, 5) is 14.6. The van der Waals surface area contributed by atoms with Crippen molar-refractivity contribution in [3.63, 3.8) is 0 Å². The Bertz CT molecular complexity index is 551. The number of carbonyl (C=O) groups excluding carboxylic acids is 1. The largest absolute Gasteiger partial charge is 0.453 e. The normalized spacial score (nSPS) is 18.6. The van der Waals surface area contributed by atoms with Gasteiger partial charge in [-0.25, -0.2) is 0 Å². The Morgan fingerprint density at radius 1 is 1.26 bits per heavy atom. The molecule has 4 nitrogen and oxygen atoms in total. The number of nitrogens with zero attached hydrogens (tertiary/aromatic N) is 1. The van der Waals surface area contributed by atoms with Crippen LogP contribution in [0.15, 0.2) is 34.7 Å². The van der Waals surface area contributed by atoms with Crippen molar-refractivity contribution < 1.29 is 13.9 Å². The molecule has 1 aromatic heterocycles. The summed E-state index contributed by atoms with van der Waals surface area (Å²) in [5, 5.41) is 0.972. The third-order valence-electron chi connectivity index (χ3n) is 3.64. The van der Waals surface area contributed by atoms with Crippen LogP contribution in [0.25, 0.3) is 11.0 Å². The number of ketones is 1. The van der Waals surface area contributed by atoms with Gasteiger partial charge in [-0.05, 0) is 19.1 Å². The van der Waals surface area contributed by atoms with Crippen molar-refractivity contribution in [3.05, 3.63) is 36.1 Å². The predicted octanol–water partition coefficient (Wildman–Crippen LogP) is 2.34. The zero-order valence-corrected chi connectivity index (χ0v) is 11.0. The fraction of sp³-hybridized carbons (Fsp3) is 0.400. The number of furan rings is 1. The lowest BCUT2D eigenvalue weighted by atomic mass is 10.1. The van der Waals surface area contributed by atoms with Crippen molar-refractivity contribution in [1.29, 1.82) is 0 Å². The van der Waals surface area contributed by atoms with Crippen LogP contribution in [0.4, 0.5) is 0 Å². The standard InChI is InChI=1S/C15H17NO3/c1-11(16-6-8-18-9-7-16)15(17)14-10-12-4-2-3-5-13(12)19-14/h2-5,10-11H,6-9H2,1H3. The molecule has 100 valence electrons. The van der Waals surface area contributed by atoms with E-state index in [0.717, 1.165) is 24.1 Å². The lowest BCUT2D eigenvalue weighted by molar-refractivity contribution is 0.0201. The summed E-state index contributed by atoms with van der Waals surface area (Å²) in [5.41, 5.74) is 0.764. The minimum atomic E-state index is -0.163. The third-order valence-corrected chi connectivity index (χ3v) is 3.64. The second-order valence-corrected chi connectivity index (χ2v) is 4.84. The molecule has 4 heteroatoms. The van der Waals surface area contributed by atoms with Crippen molar-refractivity contribution >= 4 is 16.8 Å². The van der Waals surface area contributed by atoms with Crippen LogP contribution in [0, 0.1) is 0 Å². The molecule has 1 aliphatic rings. The average Bonchev–Trinajstić information content (AvgIpc) is 2.90. The van der Waals surface area contributed by atoms with Gasteiger partial charge < -0.3 is 9.15 Å². The number of benzene rings is 1. The monoisotopic (exact) mass is 259 g/mol. The van der Waals surface area contributed by atoms with E-state index in [1.807, 2.05) is 37.3 Å². The molecule has 0 bridgehead atoms. The third kappa shape index (κ3) is 2.41. The topological polar surface area (TPSA) is 42.7 Å². The maximum atomic E-state index is 12.4. The summed E-state index contributed by atoms with van der Waals surface area (Å²) in [6.07, 6.45) is 0. The second-order valence-electron chi connectivity index (χ2n) is 4.84. The first kappa shape index (κ1) is 12.4. The van der Waals surface area contributed by atoms with E-state index in [4.69, 9.17) is 9.15 Å². The Hall–Kier alpha value is -1.65. The molecule has 1 atom stereocenters. The smallest absolute Gasteiger partial charge is 0.214 e. The molecule has 1 fully saturated rings. The number of carbonyl (C=O) groups is 1. The van der Waals surface area contributed by atoms with E-state index in [2.05, 4.69) is 4.90 Å². The number of hydrogen-bond donors (Lipinski definition) is 0. The zero-order chi connectivity index (χ0) is 13.2. The van der Waals surface area contributed by atoms with Crippen LogP contribution in [0.1, 0.15) is 17.5 Å². The van der Waals surface area contributed by atoms with Gasteiger partial charge in [0.2, 0.25) is 5.78 Å². The van der Waals surface area contributed by atoms with Crippen LogP contribution in [-0.4, -0.2) is 43.0 Å². The number of para-hydroxylation sites is 1. The highest BCUT2D eigenvalue weighted by atomic mass is 16.5. The molecule has 3 rings (SSSR count).